The van der Waals surface area contributed by atoms with Crippen molar-refractivity contribution >= 4 is 11.8 Å². The van der Waals surface area contributed by atoms with E-state index in [-0.39, 0.29) is 29.5 Å². The molecule has 21 heavy (non-hydrogen) atoms. The molecule has 0 saturated carbocycles. The molecule has 0 heterocycles. The number of carbonyl (C=O) groups excluding carboxylic acids is 2. The topological polar surface area (TPSA) is 55.4 Å². The highest BCUT2D eigenvalue weighted by Gasteiger charge is 2.25. The van der Waals surface area contributed by atoms with Gasteiger partial charge < -0.3 is 10.1 Å². The monoisotopic (exact) mass is 295 g/mol. The fourth-order valence-electron chi connectivity index (χ4n) is 1.97. The largest absolute Gasteiger partial charge is 0.469 e. The van der Waals surface area contributed by atoms with E-state index >= 15 is 0 Å². The van der Waals surface area contributed by atoms with Crippen molar-refractivity contribution in [3.63, 3.8) is 0 Å². The molecule has 1 N–H and O–H groups in total. The third-order valence-electron chi connectivity index (χ3n) is 2.92. The normalized spacial score (nSPS) is 12.8. The molecule has 1 unspecified atom stereocenters. The highest BCUT2D eigenvalue weighted by atomic mass is 19.1. The number of halogens is 1. The lowest BCUT2D eigenvalue weighted by Gasteiger charge is -2.27. The van der Waals surface area contributed by atoms with E-state index in [0.717, 1.165) is 0 Å². The summed E-state index contributed by atoms with van der Waals surface area (Å²) in [6.45, 7) is 5.82. The van der Waals surface area contributed by atoms with Gasteiger partial charge in [0, 0.05) is 17.5 Å². The van der Waals surface area contributed by atoms with E-state index in [1.54, 1.807) is 0 Å². The zero-order valence-electron chi connectivity index (χ0n) is 12.9. The number of hydrogen-bond donors (Lipinski definition) is 1. The van der Waals surface area contributed by atoms with Gasteiger partial charge in [-0.05, 0) is 51.5 Å². The average molecular weight is 295 g/mol. The Bertz CT molecular complexity index is 491. The maximum Gasteiger partial charge on any atom is 0.305 e. The van der Waals surface area contributed by atoms with E-state index in [0.29, 0.717) is 12.0 Å². The molecule has 0 saturated heterocycles. The van der Waals surface area contributed by atoms with Crippen LogP contribution in [-0.2, 0) is 9.53 Å². The number of hydrogen-bond acceptors (Lipinski definition) is 4. The molecule has 0 bridgehead atoms. The maximum atomic E-state index is 12.9. The number of ketones is 1. The summed E-state index contributed by atoms with van der Waals surface area (Å²) in [7, 11) is 1.32. The second-order valence-corrected chi connectivity index (χ2v) is 5.93. The van der Waals surface area contributed by atoms with E-state index in [1.165, 1.54) is 31.4 Å². The van der Waals surface area contributed by atoms with Gasteiger partial charge in [-0.1, -0.05) is 0 Å². The van der Waals surface area contributed by atoms with Crippen LogP contribution in [-0.4, -0.2) is 30.4 Å². The van der Waals surface area contributed by atoms with E-state index in [2.05, 4.69) is 10.1 Å². The summed E-state index contributed by atoms with van der Waals surface area (Å²) in [5.74, 6) is -0.905. The van der Waals surface area contributed by atoms with E-state index in [4.69, 9.17) is 0 Å². The summed E-state index contributed by atoms with van der Waals surface area (Å²) in [5.41, 5.74) is 0.138. The first kappa shape index (κ1) is 17.3. The minimum Gasteiger partial charge on any atom is -0.469 e. The van der Waals surface area contributed by atoms with Crippen molar-refractivity contribution in [3.8, 4) is 0 Å². The predicted molar refractivity (Wildman–Crippen MR) is 78.7 cm³/mol. The second kappa shape index (κ2) is 7.31. The lowest BCUT2D eigenvalue weighted by atomic mass is 9.97. The third-order valence-corrected chi connectivity index (χ3v) is 2.92. The van der Waals surface area contributed by atoms with Crippen LogP contribution in [0.5, 0.6) is 0 Å². The molecular formula is C16H22FNO3. The van der Waals surface area contributed by atoms with Gasteiger partial charge in [-0.15, -0.1) is 0 Å². The maximum absolute atomic E-state index is 12.9. The Morgan fingerprint density at radius 1 is 1.24 bits per heavy atom. The molecule has 116 valence electrons. The lowest BCUT2D eigenvalue weighted by Crippen LogP contribution is -2.48. The number of nitrogens with one attached hydrogen (secondary N) is 1. The first-order chi connectivity index (χ1) is 9.73. The first-order valence-corrected chi connectivity index (χ1v) is 6.87. The molecule has 0 aliphatic heterocycles. The first-order valence-electron chi connectivity index (χ1n) is 6.87. The van der Waals surface area contributed by atoms with Crippen LogP contribution in [0.15, 0.2) is 24.3 Å². The van der Waals surface area contributed by atoms with Gasteiger partial charge in [0.05, 0.1) is 13.2 Å². The Morgan fingerprint density at radius 3 is 2.29 bits per heavy atom. The van der Waals surface area contributed by atoms with E-state index < -0.39 is 6.04 Å². The summed E-state index contributed by atoms with van der Waals surface area (Å²) in [4.78, 5) is 23.8. The van der Waals surface area contributed by atoms with Gasteiger partial charge in [0.1, 0.15) is 5.82 Å². The van der Waals surface area contributed by atoms with Crippen molar-refractivity contribution in [2.75, 3.05) is 7.11 Å². The Balaban J connectivity index is 2.86. The fraction of sp³-hybridized carbons (Fsp3) is 0.500. The van der Waals surface area contributed by atoms with Crippen molar-refractivity contribution in [1.82, 2.24) is 5.32 Å². The quantitative estimate of drug-likeness (QED) is 0.647. The van der Waals surface area contributed by atoms with Gasteiger partial charge in [0.25, 0.3) is 0 Å². The lowest BCUT2D eigenvalue weighted by molar-refractivity contribution is -0.140. The van der Waals surface area contributed by atoms with Crippen LogP contribution >= 0.6 is 0 Å². The van der Waals surface area contributed by atoms with Crippen LogP contribution in [0.2, 0.25) is 0 Å². The summed E-state index contributed by atoms with van der Waals surface area (Å²) in [5, 5.41) is 3.20. The van der Waals surface area contributed by atoms with Crippen molar-refractivity contribution < 1.29 is 18.7 Å². The number of esters is 1. The van der Waals surface area contributed by atoms with Gasteiger partial charge in [-0.2, -0.15) is 0 Å². The van der Waals surface area contributed by atoms with Gasteiger partial charge in [-0.25, -0.2) is 4.39 Å². The molecule has 1 atom stereocenters. The average Bonchev–Trinajstić information content (AvgIpc) is 2.42. The minimum absolute atomic E-state index is 0.150. The summed E-state index contributed by atoms with van der Waals surface area (Å²) in [6.07, 6.45) is 0.483. The van der Waals surface area contributed by atoms with Crippen LogP contribution in [0.25, 0.3) is 0 Å². The minimum atomic E-state index is -0.519. The summed E-state index contributed by atoms with van der Waals surface area (Å²) >= 11 is 0. The molecule has 1 aromatic carbocycles. The van der Waals surface area contributed by atoms with Gasteiger partial charge >= 0.3 is 5.97 Å². The number of Topliss-reactive ketones (excluding diaryl/α,β-unsaturated/α-hetero) is 1. The molecule has 4 nitrogen and oxygen atoms in total. The number of carbonyl (C=O) groups is 2. The van der Waals surface area contributed by atoms with Gasteiger partial charge in [0.15, 0.2) is 5.78 Å². The number of benzene rings is 1. The standard InChI is InChI=1S/C16H22FNO3/c1-16(2,3)18-13(9-10-14(19)21-4)15(20)11-5-7-12(17)8-6-11/h5-8,13,18H,9-10H2,1-4H3. The van der Waals surface area contributed by atoms with Crippen molar-refractivity contribution in [2.24, 2.45) is 0 Å². The second-order valence-electron chi connectivity index (χ2n) is 5.93. The van der Waals surface area contributed by atoms with Crippen molar-refractivity contribution in [3.05, 3.63) is 35.6 Å². The molecule has 5 heteroatoms. The Kier molecular flexibility index (Phi) is 6.03. The smallest absolute Gasteiger partial charge is 0.305 e. The molecule has 1 aromatic rings. The molecular weight excluding hydrogens is 273 g/mol. The molecule has 0 aromatic heterocycles. The zero-order chi connectivity index (χ0) is 16.0. The van der Waals surface area contributed by atoms with Crippen molar-refractivity contribution in [2.45, 2.75) is 45.2 Å². The van der Waals surface area contributed by atoms with Crippen LogP contribution < -0.4 is 5.32 Å². The highest BCUT2D eigenvalue weighted by Crippen LogP contribution is 2.13. The Morgan fingerprint density at radius 2 is 1.81 bits per heavy atom. The zero-order valence-corrected chi connectivity index (χ0v) is 12.9. The molecule has 0 amide bonds. The summed E-state index contributed by atoms with van der Waals surface area (Å²) in [6, 6.07) is 4.89. The number of methoxy groups -OCH3 is 1. The van der Waals surface area contributed by atoms with Crippen LogP contribution in [0.4, 0.5) is 4.39 Å². The number of rotatable bonds is 6. The fourth-order valence-corrected chi connectivity index (χ4v) is 1.97. The van der Waals surface area contributed by atoms with Crippen LogP contribution in [0.1, 0.15) is 44.0 Å². The molecule has 0 fully saturated rings. The predicted octanol–water partition coefficient (Wildman–Crippen LogP) is 2.72. The third kappa shape index (κ3) is 6.04. The van der Waals surface area contributed by atoms with E-state index in [1.807, 2.05) is 20.8 Å². The summed E-state index contributed by atoms with van der Waals surface area (Å²) < 4.78 is 17.5. The SMILES string of the molecule is COC(=O)CCC(NC(C)(C)C)C(=O)c1ccc(F)cc1. The van der Waals surface area contributed by atoms with Gasteiger partial charge in [0.2, 0.25) is 0 Å². The molecule has 1 rings (SSSR count). The van der Waals surface area contributed by atoms with Crippen LogP contribution in [0.3, 0.4) is 0 Å². The number of ether oxygens (including phenoxy) is 1. The molecule has 0 aliphatic carbocycles. The van der Waals surface area contributed by atoms with E-state index in [9.17, 15) is 14.0 Å². The van der Waals surface area contributed by atoms with Gasteiger partial charge in [-0.3, -0.25) is 9.59 Å². The van der Waals surface area contributed by atoms with Crippen molar-refractivity contribution in [1.29, 1.82) is 0 Å². The Hall–Kier alpha value is -1.75. The molecule has 0 aliphatic rings. The highest BCUT2D eigenvalue weighted by molar-refractivity contribution is 6.00. The molecule has 0 radical (unpaired) electrons. The van der Waals surface area contributed by atoms with Crippen LogP contribution in [0, 0.1) is 5.82 Å². The molecule has 0 spiro atoms. The Labute approximate surface area is 124 Å².